The lowest BCUT2D eigenvalue weighted by atomic mass is 10.1. The third kappa shape index (κ3) is 5.32. The number of carbonyl (C=O) groups is 2. The van der Waals surface area contributed by atoms with Crippen LogP contribution < -0.4 is 15.9 Å². The Labute approximate surface area is 150 Å². The number of nitrogens with two attached hydrogens (primary N) is 1. The van der Waals surface area contributed by atoms with Crippen LogP contribution in [0.15, 0.2) is 47.6 Å². The van der Waals surface area contributed by atoms with Crippen LogP contribution in [0.25, 0.3) is 0 Å². The van der Waals surface area contributed by atoms with E-state index >= 15 is 0 Å². The van der Waals surface area contributed by atoms with Gasteiger partial charge in [0.2, 0.25) is 0 Å². The molecule has 138 valence electrons. The highest BCUT2D eigenvalue weighted by Crippen LogP contribution is 2.24. The fourth-order valence-corrected chi connectivity index (χ4v) is 1.92. The maximum atomic E-state index is 12.2. The minimum absolute atomic E-state index is 0.0529. The number of hydrogen-bond donors (Lipinski definition) is 2. The van der Waals surface area contributed by atoms with Gasteiger partial charge in [-0.15, -0.1) is 0 Å². The molecule has 2 aromatic rings. The van der Waals surface area contributed by atoms with Crippen molar-refractivity contribution in [2.75, 3.05) is 0 Å². The average Bonchev–Trinajstić information content (AvgIpc) is 2.61. The van der Waals surface area contributed by atoms with E-state index in [2.05, 4.69) is 5.10 Å². The molecule has 0 aliphatic rings. The third-order valence-electron chi connectivity index (χ3n) is 3.02. The molecule has 2 rings (SSSR count). The number of esters is 1. The third-order valence-corrected chi connectivity index (χ3v) is 3.02. The second-order valence-corrected chi connectivity index (χ2v) is 4.95. The Morgan fingerprint density at radius 3 is 2.26 bits per heavy atom. The molecule has 0 atom stereocenters. The first-order chi connectivity index (χ1) is 12.8. The normalized spacial score (nSPS) is 10.4. The summed E-state index contributed by atoms with van der Waals surface area (Å²) in [6, 6.07) is 7.53. The molecule has 12 heteroatoms. The zero-order chi connectivity index (χ0) is 20.0. The van der Waals surface area contributed by atoms with E-state index in [0.29, 0.717) is 5.56 Å². The van der Waals surface area contributed by atoms with E-state index in [4.69, 9.17) is 10.5 Å². The molecule has 2 aromatic carbocycles. The smallest absolute Gasteiger partial charge is 0.344 e. The van der Waals surface area contributed by atoms with Crippen molar-refractivity contribution in [2.45, 2.75) is 0 Å². The highest BCUT2D eigenvalue weighted by molar-refractivity contribution is 5.93. The number of hydrogen-bond acceptors (Lipinski definition) is 8. The highest BCUT2D eigenvalue weighted by Gasteiger charge is 2.21. The van der Waals surface area contributed by atoms with Gasteiger partial charge in [-0.05, 0) is 17.7 Å². The summed E-state index contributed by atoms with van der Waals surface area (Å²) in [6.07, 6.45) is 1.24. The van der Waals surface area contributed by atoms with Crippen LogP contribution in [-0.2, 0) is 0 Å². The van der Waals surface area contributed by atoms with Gasteiger partial charge in [0.1, 0.15) is 5.75 Å². The molecule has 0 saturated carbocycles. The number of nitro groups is 2. The Bertz CT molecular complexity index is 925. The molecule has 0 unspecified atom stereocenters. The van der Waals surface area contributed by atoms with E-state index in [0.717, 1.165) is 18.2 Å². The van der Waals surface area contributed by atoms with E-state index in [1.54, 1.807) is 6.07 Å². The summed E-state index contributed by atoms with van der Waals surface area (Å²) in [4.78, 5) is 42.8. The van der Waals surface area contributed by atoms with Crippen LogP contribution >= 0.6 is 0 Å². The van der Waals surface area contributed by atoms with Crippen LogP contribution in [0.4, 0.5) is 16.2 Å². The maximum Gasteiger partial charge on any atom is 0.344 e. The molecule has 0 aliphatic heterocycles. The zero-order valence-electron chi connectivity index (χ0n) is 13.4. The number of amides is 2. The molecule has 3 N–H and O–H groups in total. The van der Waals surface area contributed by atoms with E-state index in [1.165, 1.54) is 24.4 Å². The fourth-order valence-electron chi connectivity index (χ4n) is 1.92. The summed E-state index contributed by atoms with van der Waals surface area (Å²) in [5.41, 5.74) is 5.70. The Hall–Kier alpha value is -4.35. The van der Waals surface area contributed by atoms with Crippen molar-refractivity contribution in [3.63, 3.8) is 0 Å². The number of non-ortho nitro benzene ring substituents is 2. The average molecular weight is 373 g/mol. The monoisotopic (exact) mass is 373 g/mol. The minimum Gasteiger partial charge on any atom is -0.423 e. The van der Waals surface area contributed by atoms with Crippen LogP contribution in [-0.4, -0.2) is 28.1 Å². The summed E-state index contributed by atoms with van der Waals surface area (Å²) in [5, 5.41) is 25.3. The molecule has 0 spiro atoms. The summed E-state index contributed by atoms with van der Waals surface area (Å²) in [6.45, 7) is 0. The molecule has 12 nitrogen and oxygen atoms in total. The van der Waals surface area contributed by atoms with Crippen molar-refractivity contribution in [1.82, 2.24) is 5.43 Å². The van der Waals surface area contributed by atoms with Gasteiger partial charge in [-0.3, -0.25) is 20.2 Å². The van der Waals surface area contributed by atoms with Gasteiger partial charge in [0.05, 0.1) is 27.7 Å². The summed E-state index contributed by atoms with van der Waals surface area (Å²) in [5.74, 6) is -0.969. The number of nitro benzene ring substituents is 2. The first-order valence-corrected chi connectivity index (χ1v) is 7.11. The molecule has 0 fully saturated rings. The molecule has 0 saturated heterocycles. The van der Waals surface area contributed by atoms with Crippen molar-refractivity contribution in [1.29, 1.82) is 0 Å². The van der Waals surface area contributed by atoms with E-state index < -0.39 is 33.2 Å². The second kappa shape index (κ2) is 8.15. The molecular weight excluding hydrogens is 362 g/mol. The van der Waals surface area contributed by atoms with Gasteiger partial charge in [0.25, 0.3) is 11.4 Å². The number of ether oxygens (including phenoxy) is 1. The van der Waals surface area contributed by atoms with Crippen molar-refractivity contribution < 1.29 is 24.2 Å². The quantitative estimate of drug-likeness (QED) is 0.254. The first kappa shape index (κ1) is 19.0. The summed E-state index contributed by atoms with van der Waals surface area (Å²) in [7, 11) is 0. The van der Waals surface area contributed by atoms with E-state index in [1.807, 2.05) is 5.43 Å². The molecule has 2 amide bonds. The van der Waals surface area contributed by atoms with Crippen molar-refractivity contribution in [3.05, 3.63) is 73.8 Å². The van der Waals surface area contributed by atoms with Crippen molar-refractivity contribution in [3.8, 4) is 5.75 Å². The standard InChI is InChI=1S/C15H11N5O7/c16-15(22)18-17-8-9-2-1-3-13(4-9)27-14(21)10-5-11(19(23)24)7-12(6-10)20(25)26/h1-8H,(H3,16,18,22)/b17-8+. The van der Waals surface area contributed by atoms with Gasteiger partial charge >= 0.3 is 12.0 Å². The van der Waals surface area contributed by atoms with Crippen molar-refractivity contribution >= 4 is 29.6 Å². The molecule has 0 bridgehead atoms. The van der Waals surface area contributed by atoms with E-state index in [9.17, 15) is 29.8 Å². The lowest BCUT2D eigenvalue weighted by molar-refractivity contribution is -0.394. The SMILES string of the molecule is NC(=O)N/N=C/c1cccc(OC(=O)c2cc([N+](=O)[O-])cc([N+](=O)[O-])c2)c1. The van der Waals surface area contributed by atoms with E-state index in [-0.39, 0.29) is 11.3 Å². The predicted molar refractivity (Wildman–Crippen MR) is 91.5 cm³/mol. The fraction of sp³-hybridized carbons (Fsp3) is 0. The Balaban J connectivity index is 2.24. The van der Waals surface area contributed by atoms with Gasteiger partial charge in [-0.1, -0.05) is 12.1 Å². The van der Waals surface area contributed by atoms with Crippen LogP contribution in [0.1, 0.15) is 15.9 Å². The lowest BCUT2D eigenvalue weighted by Gasteiger charge is -2.05. The molecule has 27 heavy (non-hydrogen) atoms. The number of carbonyl (C=O) groups excluding carboxylic acids is 2. The predicted octanol–water partition coefficient (Wildman–Crippen LogP) is 1.72. The Morgan fingerprint density at radius 2 is 1.70 bits per heavy atom. The second-order valence-electron chi connectivity index (χ2n) is 4.95. The highest BCUT2D eigenvalue weighted by atomic mass is 16.6. The van der Waals surface area contributed by atoms with Gasteiger partial charge in [-0.2, -0.15) is 5.10 Å². The number of primary amides is 1. The molecular formula is C15H11N5O7. The Morgan fingerprint density at radius 1 is 1.07 bits per heavy atom. The zero-order valence-corrected chi connectivity index (χ0v) is 13.4. The van der Waals surface area contributed by atoms with Crippen LogP contribution in [0.5, 0.6) is 5.75 Å². The number of nitrogens with zero attached hydrogens (tertiary/aromatic N) is 3. The van der Waals surface area contributed by atoms with Crippen LogP contribution in [0, 0.1) is 20.2 Å². The number of rotatable bonds is 6. The maximum absolute atomic E-state index is 12.2. The van der Waals surface area contributed by atoms with Crippen LogP contribution in [0.3, 0.4) is 0 Å². The molecule has 0 heterocycles. The van der Waals surface area contributed by atoms with Gasteiger partial charge in [-0.25, -0.2) is 15.0 Å². The molecule has 0 radical (unpaired) electrons. The van der Waals surface area contributed by atoms with Gasteiger partial charge in [0.15, 0.2) is 0 Å². The molecule has 0 aliphatic carbocycles. The van der Waals surface area contributed by atoms with Crippen LogP contribution in [0.2, 0.25) is 0 Å². The topological polar surface area (TPSA) is 180 Å². The lowest BCUT2D eigenvalue weighted by Crippen LogP contribution is -2.24. The first-order valence-electron chi connectivity index (χ1n) is 7.11. The number of urea groups is 1. The largest absolute Gasteiger partial charge is 0.423 e. The van der Waals surface area contributed by atoms with Crippen molar-refractivity contribution in [2.24, 2.45) is 10.8 Å². The van der Waals surface area contributed by atoms with Gasteiger partial charge < -0.3 is 10.5 Å². The summed E-state index contributed by atoms with van der Waals surface area (Å²) < 4.78 is 5.08. The number of hydrazone groups is 1. The Kier molecular flexibility index (Phi) is 5.73. The van der Waals surface area contributed by atoms with Gasteiger partial charge in [0, 0.05) is 12.1 Å². The molecule has 0 aromatic heterocycles. The number of nitrogens with one attached hydrogen (secondary N) is 1. The minimum atomic E-state index is -1.02. The summed E-state index contributed by atoms with van der Waals surface area (Å²) >= 11 is 0. The number of benzene rings is 2.